The van der Waals surface area contributed by atoms with Crippen LogP contribution in [0.5, 0.6) is 11.5 Å². The second-order valence-corrected chi connectivity index (χ2v) is 7.09. The molecule has 2 aromatic carbocycles. The topological polar surface area (TPSA) is 73.6 Å². The van der Waals surface area contributed by atoms with Crippen molar-refractivity contribution >= 4 is 33.3 Å². The molecule has 1 N–H and O–H groups in total. The summed E-state index contributed by atoms with van der Waals surface area (Å²) in [4.78, 5) is 17.1. The number of nitrogens with one attached hydrogen (secondary N) is 1. The number of benzene rings is 2. The van der Waals surface area contributed by atoms with Crippen LogP contribution >= 0.6 is 11.3 Å². The molecule has 0 radical (unpaired) electrons. The molecule has 0 fully saturated rings. The molecule has 4 rings (SSSR count). The molecule has 0 saturated heterocycles. The van der Waals surface area contributed by atoms with Crippen molar-refractivity contribution in [2.24, 2.45) is 0 Å². The van der Waals surface area contributed by atoms with Crippen molar-refractivity contribution in [2.75, 3.05) is 19.5 Å². The SMILES string of the molecule is COc1ccc(-c2csc(NC(=O)c3oc4c(F)cccc4c3C)n2)c(OC)c1. The third-order valence-electron chi connectivity index (χ3n) is 4.53. The highest BCUT2D eigenvalue weighted by molar-refractivity contribution is 7.14. The number of nitrogens with zero attached hydrogens (tertiary/aromatic N) is 1. The van der Waals surface area contributed by atoms with E-state index in [1.54, 1.807) is 39.3 Å². The summed E-state index contributed by atoms with van der Waals surface area (Å²) >= 11 is 1.27. The fourth-order valence-electron chi connectivity index (χ4n) is 3.04. The van der Waals surface area contributed by atoms with Crippen molar-refractivity contribution in [3.05, 3.63) is 58.9 Å². The molecule has 0 spiro atoms. The van der Waals surface area contributed by atoms with Crippen LogP contribution < -0.4 is 14.8 Å². The Balaban J connectivity index is 1.61. The van der Waals surface area contributed by atoms with Gasteiger partial charge in [0.1, 0.15) is 11.5 Å². The van der Waals surface area contributed by atoms with Crippen LogP contribution in [0.15, 0.2) is 46.2 Å². The number of amides is 1. The van der Waals surface area contributed by atoms with Crippen LogP contribution in [0.3, 0.4) is 0 Å². The van der Waals surface area contributed by atoms with Gasteiger partial charge in [0.15, 0.2) is 22.3 Å². The van der Waals surface area contributed by atoms with E-state index in [-0.39, 0.29) is 11.3 Å². The first-order valence-corrected chi connectivity index (χ1v) is 9.56. The van der Waals surface area contributed by atoms with Crippen molar-refractivity contribution in [2.45, 2.75) is 6.92 Å². The van der Waals surface area contributed by atoms with Crippen molar-refractivity contribution in [3.8, 4) is 22.8 Å². The van der Waals surface area contributed by atoms with Gasteiger partial charge in [-0.2, -0.15) is 0 Å². The van der Waals surface area contributed by atoms with Gasteiger partial charge in [-0.25, -0.2) is 9.37 Å². The Bertz CT molecular complexity index is 1210. The summed E-state index contributed by atoms with van der Waals surface area (Å²) in [6.45, 7) is 1.72. The molecule has 1 amide bonds. The van der Waals surface area contributed by atoms with E-state index in [0.717, 1.165) is 5.56 Å². The molecule has 29 heavy (non-hydrogen) atoms. The molecule has 2 heterocycles. The zero-order chi connectivity index (χ0) is 20.5. The summed E-state index contributed by atoms with van der Waals surface area (Å²) in [6.07, 6.45) is 0. The Labute approximate surface area is 169 Å². The monoisotopic (exact) mass is 412 g/mol. The fourth-order valence-corrected chi connectivity index (χ4v) is 3.75. The van der Waals surface area contributed by atoms with Gasteiger partial charge in [0.2, 0.25) is 0 Å². The molecule has 0 aliphatic carbocycles. The molecule has 6 nitrogen and oxygen atoms in total. The number of hydrogen-bond acceptors (Lipinski definition) is 6. The first kappa shape index (κ1) is 18.9. The van der Waals surface area contributed by atoms with E-state index in [1.807, 2.05) is 17.5 Å². The highest BCUT2D eigenvalue weighted by Crippen LogP contribution is 2.35. The Kier molecular flexibility index (Phi) is 4.94. The Morgan fingerprint density at radius 2 is 2.03 bits per heavy atom. The molecule has 0 atom stereocenters. The summed E-state index contributed by atoms with van der Waals surface area (Å²) in [6, 6.07) is 10.00. The van der Waals surface area contributed by atoms with Crippen LogP contribution in [0, 0.1) is 12.7 Å². The number of carbonyl (C=O) groups is 1. The zero-order valence-corrected chi connectivity index (χ0v) is 16.7. The van der Waals surface area contributed by atoms with Gasteiger partial charge in [-0.3, -0.25) is 10.1 Å². The van der Waals surface area contributed by atoms with Gasteiger partial charge in [-0.15, -0.1) is 11.3 Å². The van der Waals surface area contributed by atoms with Crippen molar-refractivity contribution < 1.29 is 23.1 Å². The molecule has 2 aromatic heterocycles. The normalized spacial score (nSPS) is 10.9. The molecule has 4 aromatic rings. The second-order valence-electron chi connectivity index (χ2n) is 6.23. The quantitative estimate of drug-likeness (QED) is 0.483. The minimum Gasteiger partial charge on any atom is -0.497 e. The summed E-state index contributed by atoms with van der Waals surface area (Å²) in [5, 5.41) is 5.49. The number of furan rings is 1. The lowest BCUT2D eigenvalue weighted by Crippen LogP contribution is -2.11. The summed E-state index contributed by atoms with van der Waals surface area (Å²) in [7, 11) is 3.15. The smallest absolute Gasteiger partial charge is 0.293 e. The number of aryl methyl sites for hydroxylation is 1. The summed E-state index contributed by atoms with van der Waals surface area (Å²) in [5.41, 5.74) is 2.06. The van der Waals surface area contributed by atoms with Gasteiger partial charge in [0.25, 0.3) is 5.91 Å². The van der Waals surface area contributed by atoms with Crippen LogP contribution in [0.25, 0.3) is 22.2 Å². The number of ether oxygens (including phenoxy) is 2. The van der Waals surface area contributed by atoms with Crippen molar-refractivity contribution in [1.29, 1.82) is 0 Å². The summed E-state index contributed by atoms with van der Waals surface area (Å²) in [5.74, 6) is 0.343. The highest BCUT2D eigenvalue weighted by Gasteiger charge is 2.21. The van der Waals surface area contributed by atoms with Gasteiger partial charge in [-0.05, 0) is 25.1 Å². The number of para-hydroxylation sites is 1. The van der Waals surface area contributed by atoms with E-state index in [4.69, 9.17) is 13.9 Å². The number of halogens is 1. The maximum absolute atomic E-state index is 13.9. The first-order valence-electron chi connectivity index (χ1n) is 8.68. The minimum absolute atomic E-state index is 0.0591. The predicted molar refractivity (Wildman–Crippen MR) is 110 cm³/mol. The third kappa shape index (κ3) is 3.42. The van der Waals surface area contributed by atoms with Crippen LogP contribution in [-0.4, -0.2) is 25.1 Å². The summed E-state index contributed by atoms with van der Waals surface area (Å²) < 4.78 is 30.0. The largest absolute Gasteiger partial charge is 0.497 e. The lowest BCUT2D eigenvalue weighted by atomic mass is 10.1. The van der Waals surface area contributed by atoms with Crippen molar-refractivity contribution in [1.82, 2.24) is 4.98 Å². The lowest BCUT2D eigenvalue weighted by molar-refractivity contribution is 0.0997. The molecular formula is C21H17FN2O4S. The minimum atomic E-state index is -0.507. The first-order chi connectivity index (χ1) is 14.0. The molecule has 0 saturated carbocycles. The van der Waals surface area contributed by atoms with Gasteiger partial charge in [0.05, 0.1) is 19.9 Å². The maximum Gasteiger partial charge on any atom is 0.293 e. The van der Waals surface area contributed by atoms with Gasteiger partial charge < -0.3 is 13.9 Å². The average Bonchev–Trinajstić information content (AvgIpc) is 3.33. The predicted octanol–water partition coefficient (Wildman–Crippen LogP) is 5.27. The van der Waals surface area contributed by atoms with Gasteiger partial charge in [-0.1, -0.05) is 12.1 Å². The molecule has 0 aliphatic heterocycles. The average molecular weight is 412 g/mol. The number of aromatic nitrogens is 1. The van der Waals surface area contributed by atoms with E-state index in [0.29, 0.717) is 33.3 Å². The molecular weight excluding hydrogens is 395 g/mol. The number of methoxy groups -OCH3 is 2. The van der Waals surface area contributed by atoms with Gasteiger partial charge in [0, 0.05) is 28.0 Å². The van der Waals surface area contributed by atoms with E-state index in [9.17, 15) is 9.18 Å². The Morgan fingerprint density at radius 3 is 2.76 bits per heavy atom. The van der Waals surface area contributed by atoms with E-state index in [2.05, 4.69) is 10.3 Å². The number of fused-ring (bicyclic) bond motifs is 1. The number of anilines is 1. The maximum atomic E-state index is 13.9. The van der Waals surface area contributed by atoms with Crippen LogP contribution in [0.1, 0.15) is 16.1 Å². The number of carbonyl (C=O) groups excluding carboxylic acids is 1. The van der Waals surface area contributed by atoms with Crippen molar-refractivity contribution in [3.63, 3.8) is 0 Å². The van der Waals surface area contributed by atoms with E-state index in [1.165, 1.54) is 17.4 Å². The fraction of sp³-hybridized carbons (Fsp3) is 0.143. The Morgan fingerprint density at radius 1 is 1.21 bits per heavy atom. The van der Waals surface area contributed by atoms with Gasteiger partial charge >= 0.3 is 0 Å². The molecule has 8 heteroatoms. The van der Waals surface area contributed by atoms with Crippen LogP contribution in [-0.2, 0) is 0 Å². The van der Waals surface area contributed by atoms with Crippen LogP contribution in [0.4, 0.5) is 9.52 Å². The number of rotatable bonds is 5. The third-order valence-corrected chi connectivity index (χ3v) is 5.29. The van der Waals surface area contributed by atoms with E-state index < -0.39 is 11.7 Å². The molecule has 0 aliphatic rings. The molecule has 0 bridgehead atoms. The van der Waals surface area contributed by atoms with Crippen LogP contribution in [0.2, 0.25) is 0 Å². The number of thiazole rings is 1. The standard InChI is InChI=1S/C21H17FN2O4S/c1-11-13-5-4-6-15(22)19(13)28-18(11)20(25)24-21-23-16(10-29-21)14-8-7-12(26-2)9-17(14)27-3/h4-10H,1-3H3,(H,23,24,25). The molecule has 148 valence electrons. The highest BCUT2D eigenvalue weighted by atomic mass is 32.1. The second kappa shape index (κ2) is 7.56. The molecule has 0 unspecified atom stereocenters. The number of hydrogen-bond donors (Lipinski definition) is 1. The van der Waals surface area contributed by atoms with E-state index >= 15 is 0 Å². The zero-order valence-electron chi connectivity index (χ0n) is 15.9. The lowest BCUT2D eigenvalue weighted by Gasteiger charge is -2.08. The Hall–Kier alpha value is -3.39.